The molecule has 0 saturated carbocycles. The van der Waals surface area contributed by atoms with Gasteiger partial charge in [0.05, 0.1) is 29.3 Å². The van der Waals surface area contributed by atoms with Gasteiger partial charge in [0, 0.05) is 11.4 Å². The number of halogens is 1. The predicted molar refractivity (Wildman–Crippen MR) is 138 cm³/mol. The van der Waals surface area contributed by atoms with Crippen molar-refractivity contribution in [3.8, 4) is 0 Å². The minimum absolute atomic E-state index is 0.108. The smallest absolute Gasteiger partial charge is 0.0831 e. The molecule has 0 bridgehead atoms. The second-order valence-corrected chi connectivity index (χ2v) is 8.29. The summed E-state index contributed by atoms with van der Waals surface area (Å²) in [5.41, 5.74) is 9.46. The largest absolute Gasteiger partial charge is 0.279 e. The number of para-hydroxylation sites is 1. The lowest BCUT2D eigenvalue weighted by atomic mass is 9.98. The van der Waals surface area contributed by atoms with Crippen molar-refractivity contribution in [3.63, 3.8) is 0 Å². The zero-order valence-corrected chi connectivity index (χ0v) is 18.7. The third-order valence-electron chi connectivity index (χ3n) is 5.61. The molecule has 0 fully saturated rings. The van der Waals surface area contributed by atoms with Crippen LogP contribution in [0, 0.1) is 0 Å². The van der Waals surface area contributed by atoms with E-state index in [0.717, 1.165) is 39.7 Å². The van der Waals surface area contributed by atoms with Crippen molar-refractivity contribution in [1.29, 1.82) is 0 Å². The van der Waals surface area contributed by atoms with E-state index >= 15 is 0 Å². The third-order valence-corrected chi connectivity index (χ3v) is 5.86. The molecule has 162 valence electrons. The van der Waals surface area contributed by atoms with Crippen molar-refractivity contribution < 1.29 is 0 Å². The van der Waals surface area contributed by atoms with Crippen LogP contribution in [0.3, 0.4) is 0 Å². The maximum Gasteiger partial charge on any atom is 0.0831 e. The Labute approximate surface area is 198 Å². The van der Waals surface area contributed by atoms with E-state index in [-0.39, 0.29) is 6.04 Å². The van der Waals surface area contributed by atoms with Crippen LogP contribution in [-0.4, -0.2) is 11.9 Å². The van der Waals surface area contributed by atoms with Crippen LogP contribution in [0.1, 0.15) is 29.2 Å². The second-order valence-electron chi connectivity index (χ2n) is 7.86. The van der Waals surface area contributed by atoms with Gasteiger partial charge in [-0.3, -0.25) is 10.4 Å². The van der Waals surface area contributed by atoms with E-state index in [1.54, 1.807) is 0 Å². The third kappa shape index (κ3) is 4.97. The molecule has 1 heterocycles. The van der Waals surface area contributed by atoms with Crippen LogP contribution in [0.2, 0.25) is 5.02 Å². The molecule has 1 N–H and O–H groups in total. The lowest BCUT2D eigenvalue weighted by Crippen LogP contribution is -2.18. The molecule has 0 spiro atoms. The van der Waals surface area contributed by atoms with Crippen LogP contribution in [0.4, 0.5) is 11.4 Å². The first kappa shape index (κ1) is 21.0. The number of hydrazone groups is 2. The Balaban J connectivity index is 1.39. The van der Waals surface area contributed by atoms with Gasteiger partial charge in [-0.2, -0.15) is 10.2 Å². The van der Waals surface area contributed by atoms with Gasteiger partial charge in [-0.15, -0.1) is 0 Å². The Kier molecular flexibility index (Phi) is 6.18. The van der Waals surface area contributed by atoms with E-state index in [2.05, 4.69) is 76.2 Å². The molecule has 0 aromatic heterocycles. The number of nitrogens with one attached hydrogen (secondary N) is 1. The topological polar surface area (TPSA) is 40.0 Å². The van der Waals surface area contributed by atoms with Crippen molar-refractivity contribution in [2.45, 2.75) is 12.5 Å². The maximum atomic E-state index is 6.13. The van der Waals surface area contributed by atoms with Crippen LogP contribution in [-0.2, 0) is 0 Å². The van der Waals surface area contributed by atoms with Crippen molar-refractivity contribution in [3.05, 3.63) is 131 Å². The summed E-state index contributed by atoms with van der Waals surface area (Å²) < 4.78 is 0. The summed E-state index contributed by atoms with van der Waals surface area (Å²) in [5, 5.41) is 12.2. The summed E-state index contributed by atoms with van der Waals surface area (Å²) in [7, 11) is 0. The molecule has 4 aromatic rings. The minimum Gasteiger partial charge on any atom is -0.279 e. The lowest BCUT2D eigenvalue weighted by molar-refractivity contribution is 0.709. The predicted octanol–water partition coefficient (Wildman–Crippen LogP) is 7.14. The fourth-order valence-electron chi connectivity index (χ4n) is 3.91. The van der Waals surface area contributed by atoms with E-state index in [4.69, 9.17) is 16.7 Å². The SMILES string of the molecule is Clc1ccc(C2CC(c3ccccc3)=NN2c2ccc(/C=N/Nc3ccccc3)cc2)cc1. The quantitative estimate of drug-likeness (QED) is 0.250. The van der Waals surface area contributed by atoms with E-state index in [9.17, 15) is 0 Å². The summed E-state index contributed by atoms with van der Waals surface area (Å²) in [6, 6.07) is 36.7. The summed E-state index contributed by atoms with van der Waals surface area (Å²) in [6.45, 7) is 0. The molecule has 0 amide bonds. The molecule has 5 heteroatoms. The van der Waals surface area contributed by atoms with E-state index < -0.39 is 0 Å². The molecule has 33 heavy (non-hydrogen) atoms. The zero-order valence-electron chi connectivity index (χ0n) is 18.0. The number of rotatable bonds is 6. The van der Waals surface area contributed by atoms with Gasteiger partial charge in [-0.1, -0.05) is 84.4 Å². The Morgan fingerprint density at radius 1 is 0.818 bits per heavy atom. The van der Waals surface area contributed by atoms with E-state index in [0.29, 0.717) is 0 Å². The monoisotopic (exact) mass is 450 g/mol. The van der Waals surface area contributed by atoms with Gasteiger partial charge in [0.1, 0.15) is 0 Å². The number of anilines is 2. The van der Waals surface area contributed by atoms with Crippen LogP contribution >= 0.6 is 11.6 Å². The molecule has 0 aliphatic carbocycles. The molecule has 1 aliphatic heterocycles. The highest BCUT2D eigenvalue weighted by Crippen LogP contribution is 2.37. The number of nitrogens with zero attached hydrogens (tertiary/aromatic N) is 3. The van der Waals surface area contributed by atoms with Crippen molar-refractivity contribution in [1.82, 2.24) is 0 Å². The fourth-order valence-corrected chi connectivity index (χ4v) is 4.03. The Morgan fingerprint density at radius 3 is 2.18 bits per heavy atom. The molecule has 1 aliphatic rings. The van der Waals surface area contributed by atoms with E-state index in [1.807, 2.05) is 54.7 Å². The minimum atomic E-state index is 0.108. The zero-order chi connectivity index (χ0) is 22.5. The second kappa shape index (κ2) is 9.72. The lowest BCUT2D eigenvalue weighted by Gasteiger charge is -2.24. The summed E-state index contributed by atoms with van der Waals surface area (Å²) >= 11 is 6.13. The normalized spacial score (nSPS) is 15.6. The van der Waals surface area contributed by atoms with Gasteiger partial charge in [0.2, 0.25) is 0 Å². The van der Waals surface area contributed by atoms with Gasteiger partial charge >= 0.3 is 0 Å². The highest BCUT2D eigenvalue weighted by Gasteiger charge is 2.29. The summed E-state index contributed by atoms with van der Waals surface area (Å²) in [5.74, 6) is 0. The van der Waals surface area contributed by atoms with Crippen LogP contribution in [0.15, 0.2) is 119 Å². The van der Waals surface area contributed by atoms with Crippen molar-refractivity contribution >= 4 is 34.9 Å². The first-order valence-corrected chi connectivity index (χ1v) is 11.3. The molecular weight excluding hydrogens is 428 g/mol. The summed E-state index contributed by atoms with van der Waals surface area (Å²) in [4.78, 5) is 0. The first-order valence-electron chi connectivity index (χ1n) is 10.9. The average Bonchev–Trinajstić information content (AvgIpc) is 3.32. The van der Waals surface area contributed by atoms with Crippen LogP contribution < -0.4 is 10.4 Å². The number of hydrogen-bond donors (Lipinski definition) is 1. The Morgan fingerprint density at radius 2 is 1.48 bits per heavy atom. The highest BCUT2D eigenvalue weighted by atomic mass is 35.5. The molecule has 1 atom stereocenters. The molecular formula is C28H23ClN4. The van der Waals surface area contributed by atoms with Crippen molar-refractivity contribution in [2.75, 3.05) is 10.4 Å². The van der Waals surface area contributed by atoms with Gasteiger partial charge in [-0.25, -0.2) is 0 Å². The highest BCUT2D eigenvalue weighted by molar-refractivity contribution is 6.30. The first-order chi connectivity index (χ1) is 16.3. The van der Waals surface area contributed by atoms with Crippen LogP contribution in [0.5, 0.6) is 0 Å². The van der Waals surface area contributed by atoms with Gasteiger partial charge in [-0.05, 0) is 53.1 Å². The summed E-state index contributed by atoms with van der Waals surface area (Å²) in [6.07, 6.45) is 2.64. The fraction of sp³-hybridized carbons (Fsp3) is 0.0714. The average molecular weight is 451 g/mol. The van der Waals surface area contributed by atoms with Crippen LogP contribution in [0.25, 0.3) is 0 Å². The Bertz CT molecular complexity index is 1250. The molecule has 5 rings (SSSR count). The molecule has 0 saturated heterocycles. The van der Waals surface area contributed by atoms with Gasteiger partial charge in [0.25, 0.3) is 0 Å². The van der Waals surface area contributed by atoms with Gasteiger partial charge < -0.3 is 0 Å². The molecule has 1 unspecified atom stereocenters. The Hall–Kier alpha value is -3.89. The van der Waals surface area contributed by atoms with Crippen molar-refractivity contribution in [2.24, 2.45) is 10.2 Å². The number of hydrogen-bond acceptors (Lipinski definition) is 4. The molecule has 0 radical (unpaired) electrons. The van der Waals surface area contributed by atoms with Gasteiger partial charge in [0.15, 0.2) is 0 Å². The maximum absolute atomic E-state index is 6.13. The van der Waals surface area contributed by atoms with E-state index in [1.165, 1.54) is 5.56 Å². The standard InChI is InChI=1S/C28H23ClN4/c29-24-15-13-23(14-16-24)28-19-27(22-7-3-1-4-8-22)32-33(28)26-17-11-21(12-18-26)20-30-31-25-9-5-2-6-10-25/h1-18,20,28,31H,19H2/b30-20+. The number of benzene rings is 4. The molecule has 4 nitrogen and oxygen atoms in total. The molecule has 4 aromatic carbocycles.